The average molecular weight is 196 g/mol. The highest BCUT2D eigenvalue weighted by molar-refractivity contribution is 5.33. The summed E-state index contributed by atoms with van der Waals surface area (Å²) in [4.78, 5) is 4.29. The van der Waals surface area contributed by atoms with E-state index in [4.69, 9.17) is 0 Å². The molecular formula is C10H16N2O2. The summed E-state index contributed by atoms with van der Waals surface area (Å²) in [6.45, 7) is 2.85. The first-order chi connectivity index (χ1) is 6.65. The molecule has 0 fully saturated rings. The molecule has 0 spiro atoms. The molecule has 0 bridgehead atoms. The number of rotatable bonds is 3. The Labute approximate surface area is 83.2 Å². The van der Waals surface area contributed by atoms with Gasteiger partial charge in [0.1, 0.15) is 5.49 Å². The van der Waals surface area contributed by atoms with Gasteiger partial charge in [0.15, 0.2) is 11.5 Å². The maximum Gasteiger partial charge on any atom is 0.174 e. The molecule has 0 unspecified atom stereocenters. The van der Waals surface area contributed by atoms with E-state index in [1.54, 1.807) is 11.6 Å². The summed E-state index contributed by atoms with van der Waals surface area (Å²) in [5.74, 6) is -0.250. The number of hydrogen-bond donors (Lipinski definition) is 2. The van der Waals surface area contributed by atoms with E-state index < -0.39 is 0 Å². The van der Waals surface area contributed by atoms with Gasteiger partial charge in [-0.15, -0.1) is 0 Å². The van der Waals surface area contributed by atoms with Crippen LogP contribution in [0.25, 0.3) is 0 Å². The molecule has 0 radical (unpaired) electrons. The van der Waals surface area contributed by atoms with E-state index in [-0.39, 0.29) is 11.5 Å². The van der Waals surface area contributed by atoms with Gasteiger partial charge in [-0.2, -0.15) is 0 Å². The van der Waals surface area contributed by atoms with E-state index in [2.05, 4.69) is 11.9 Å². The molecule has 78 valence electrons. The zero-order chi connectivity index (χ0) is 10.6. The van der Waals surface area contributed by atoms with E-state index in [0.29, 0.717) is 5.49 Å². The lowest BCUT2D eigenvalue weighted by Gasteiger charge is -2.02. The van der Waals surface area contributed by atoms with Crippen LogP contribution in [0.4, 0.5) is 0 Å². The maximum absolute atomic E-state index is 9.26. The highest BCUT2D eigenvalue weighted by Gasteiger charge is 1.99. The topological polar surface area (TPSA) is 57.8 Å². The third-order valence-electron chi connectivity index (χ3n) is 1.99. The van der Waals surface area contributed by atoms with Gasteiger partial charge >= 0.3 is 0 Å². The van der Waals surface area contributed by atoms with Gasteiger partial charge in [0.2, 0.25) is 0 Å². The van der Waals surface area contributed by atoms with Gasteiger partial charge in [-0.1, -0.05) is 13.3 Å². The number of aromatic hydroxyl groups is 2. The van der Waals surface area contributed by atoms with Crippen LogP contribution in [0.15, 0.2) is 17.3 Å². The predicted octanol–water partition coefficient (Wildman–Crippen LogP) is 1.14. The molecule has 0 atom stereocenters. The normalized spacial score (nSPS) is 12.0. The minimum Gasteiger partial charge on any atom is -0.504 e. The van der Waals surface area contributed by atoms with Gasteiger partial charge in [-0.25, -0.2) is 0 Å². The Kier molecular flexibility index (Phi) is 3.56. The van der Waals surface area contributed by atoms with Gasteiger partial charge in [0.05, 0.1) is 6.20 Å². The monoisotopic (exact) mass is 196 g/mol. The number of aryl methyl sites for hydroxylation is 1. The zero-order valence-electron chi connectivity index (χ0n) is 8.56. The Morgan fingerprint density at radius 2 is 2.07 bits per heavy atom. The van der Waals surface area contributed by atoms with Crippen LogP contribution in [0.3, 0.4) is 0 Å². The number of aromatic nitrogens is 1. The molecular weight excluding hydrogens is 180 g/mol. The second kappa shape index (κ2) is 4.69. The fourth-order valence-corrected chi connectivity index (χ4v) is 1.12. The van der Waals surface area contributed by atoms with Crippen molar-refractivity contribution in [2.24, 2.45) is 12.0 Å². The Morgan fingerprint density at radius 3 is 2.71 bits per heavy atom. The summed E-state index contributed by atoms with van der Waals surface area (Å²) < 4.78 is 1.69. The SMILES string of the molecule is CCCC/N=c1/cc(O)c(O)cn1C. The van der Waals surface area contributed by atoms with Crippen molar-refractivity contribution in [3.05, 3.63) is 17.8 Å². The van der Waals surface area contributed by atoms with Gasteiger partial charge in [-0.05, 0) is 6.42 Å². The van der Waals surface area contributed by atoms with Crippen molar-refractivity contribution in [3.8, 4) is 11.5 Å². The molecule has 1 rings (SSSR count). The average Bonchev–Trinajstić information content (AvgIpc) is 2.14. The van der Waals surface area contributed by atoms with Gasteiger partial charge < -0.3 is 14.8 Å². The van der Waals surface area contributed by atoms with Gasteiger partial charge in [0, 0.05) is 19.7 Å². The standard InChI is InChI=1S/C10H16N2O2/c1-3-4-5-11-10-6-8(13)9(14)7-12(10)2/h6-7,13-14H,3-5H2,1-2H3/b11-10-. The first-order valence-electron chi connectivity index (χ1n) is 4.74. The molecule has 4 nitrogen and oxygen atoms in total. The molecule has 0 aliphatic carbocycles. The van der Waals surface area contributed by atoms with E-state index in [9.17, 15) is 10.2 Å². The van der Waals surface area contributed by atoms with Crippen LogP contribution in [-0.4, -0.2) is 21.3 Å². The van der Waals surface area contributed by atoms with Gasteiger partial charge in [0.25, 0.3) is 0 Å². The third kappa shape index (κ3) is 2.52. The van der Waals surface area contributed by atoms with Gasteiger partial charge in [-0.3, -0.25) is 4.99 Å². The first kappa shape index (κ1) is 10.6. The van der Waals surface area contributed by atoms with Crippen molar-refractivity contribution < 1.29 is 10.2 Å². The molecule has 0 amide bonds. The Morgan fingerprint density at radius 1 is 1.36 bits per heavy atom. The minimum absolute atomic E-state index is 0.123. The molecule has 2 N–H and O–H groups in total. The van der Waals surface area contributed by atoms with E-state index >= 15 is 0 Å². The highest BCUT2D eigenvalue weighted by Crippen LogP contribution is 2.19. The fourth-order valence-electron chi connectivity index (χ4n) is 1.12. The summed E-state index contributed by atoms with van der Waals surface area (Å²) in [6, 6.07) is 1.46. The molecule has 0 aliphatic heterocycles. The molecule has 1 aromatic rings. The van der Waals surface area contributed by atoms with Crippen molar-refractivity contribution in [2.45, 2.75) is 19.8 Å². The summed E-state index contributed by atoms with van der Waals surface area (Å²) >= 11 is 0. The number of pyridine rings is 1. The second-order valence-electron chi connectivity index (χ2n) is 3.25. The molecule has 1 heterocycles. The number of nitrogens with zero attached hydrogens (tertiary/aromatic N) is 2. The molecule has 4 heteroatoms. The minimum atomic E-state index is -0.127. The fraction of sp³-hybridized carbons (Fsp3) is 0.500. The predicted molar refractivity (Wildman–Crippen MR) is 54.1 cm³/mol. The van der Waals surface area contributed by atoms with Crippen molar-refractivity contribution in [1.29, 1.82) is 0 Å². The third-order valence-corrected chi connectivity index (χ3v) is 1.99. The second-order valence-corrected chi connectivity index (χ2v) is 3.25. The largest absolute Gasteiger partial charge is 0.504 e. The maximum atomic E-state index is 9.26. The van der Waals surface area contributed by atoms with Crippen LogP contribution in [-0.2, 0) is 7.05 Å². The van der Waals surface area contributed by atoms with Crippen LogP contribution in [0.5, 0.6) is 11.5 Å². The van der Waals surface area contributed by atoms with Crippen LogP contribution in [0, 0.1) is 0 Å². The van der Waals surface area contributed by atoms with Crippen molar-refractivity contribution in [3.63, 3.8) is 0 Å². The summed E-state index contributed by atoms with van der Waals surface area (Å²) in [5, 5.41) is 18.4. The number of unbranched alkanes of at least 4 members (excludes halogenated alkanes) is 1. The Balaban J connectivity index is 2.97. The quantitative estimate of drug-likeness (QED) is 0.712. The van der Waals surface area contributed by atoms with Crippen molar-refractivity contribution >= 4 is 0 Å². The Bertz CT molecular complexity index is 369. The molecule has 14 heavy (non-hydrogen) atoms. The first-order valence-corrected chi connectivity index (χ1v) is 4.74. The van der Waals surface area contributed by atoms with Crippen LogP contribution >= 0.6 is 0 Å². The lowest BCUT2D eigenvalue weighted by atomic mass is 10.3. The smallest absolute Gasteiger partial charge is 0.174 e. The lowest BCUT2D eigenvalue weighted by molar-refractivity contribution is 0.396. The van der Waals surface area contributed by atoms with E-state index in [1.807, 2.05) is 0 Å². The summed E-state index contributed by atoms with van der Waals surface area (Å²) in [6.07, 6.45) is 3.57. The number of hydrogen-bond acceptors (Lipinski definition) is 3. The molecule has 0 aliphatic rings. The zero-order valence-corrected chi connectivity index (χ0v) is 8.56. The molecule has 0 aromatic carbocycles. The summed E-state index contributed by atoms with van der Waals surface area (Å²) in [5.41, 5.74) is 0.675. The van der Waals surface area contributed by atoms with E-state index in [1.165, 1.54) is 12.3 Å². The summed E-state index contributed by atoms with van der Waals surface area (Å²) in [7, 11) is 1.78. The lowest BCUT2D eigenvalue weighted by Crippen LogP contribution is -2.16. The Hall–Kier alpha value is -1.45. The van der Waals surface area contributed by atoms with Crippen LogP contribution in [0.1, 0.15) is 19.8 Å². The molecule has 1 aromatic heterocycles. The van der Waals surface area contributed by atoms with Crippen molar-refractivity contribution in [1.82, 2.24) is 4.57 Å². The van der Waals surface area contributed by atoms with Crippen LogP contribution in [0.2, 0.25) is 0 Å². The molecule has 0 saturated carbocycles. The van der Waals surface area contributed by atoms with Crippen LogP contribution < -0.4 is 5.49 Å². The van der Waals surface area contributed by atoms with Crippen molar-refractivity contribution in [2.75, 3.05) is 6.54 Å². The highest BCUT2D eigenvalue weighted by atomic mass is 16.3. The molecule has 0 saturated heterocycles. The van der Waals surface area contributed by atoms with E-state index in [0.717, 1.165) is 19.4 Å².